The van der Waals surface area contributed by atoms with Crippen LogP contribution in [-0.4, -0.2) is 18.5 Å². The molecule has 0 aliphatic rings. The maximum Gasteiger partial charge on any atom is 0.319 e. The Morgan fingerprint density at radius 1 is 1.18 bits per heavy atom. The quantitative estimate of drug-likeness (QED) is 0.515. The summed E-state index contributed by atoms with van der Waals surface area (Å²) in [5, 5.41) is 0. The molecule has 22 heavy (non-hydrogen) atoms. The number of hydrogen-bond acceptors (Lipinski definition) is 4. The second-order valence-electron chi connectivity index (χ2n) is 6.06. The monoisotopic (exact) mass is 326 g/mol. The van der Waals surface area contributed by atoms with E-state index in [1.165, 1.54) is 0 Å². The van der Waals surface area contributed by atoms with Gasteiger partial charge >= 0.3 is 8.25 Å². The number of Topliss-reactive ketones (excluding diaryl/α,β-unsaturated/α-hetero) is 1. The Balaban J connectivity index is 3.08. The third-order valence-corrected chi connectivity index (χ3v) is 4.40. The summed E-state index contributed by atoms with van der Waals surface area (Å²) in [6.45, 7) is 11.9. The standard InChI is InChI=1S/C17H27O4P/c1-7-20-22(19)21-15(8-11(2)3)17(18)16-13(5)9-12(4)10-14(16)6/h9-11,15,22H,7-8H2,1-6H3. The first-order chi connectivity index (χ1) is 10.3. The fraction of sp³-hybridized carbons (Fsp3) is 0.588. The third-order valence-electron chi connectivity index (χ3n) is 3.40. The summed E-state index contributed by atoms with van der Waals surface area (Å²) in [7, 11) is -2.64. The van der Waals surface area contributed by atoms with Crippen LogP contribution in [0, 0.1) is 26.7 Å². The summed E-state index contributed by atoms with van der Waals surface area (Å²) < 4.78 is 22.2. The van der Waals surface area contributed by atoms with Crippen LogP contribution in [0.25, 0.3) is 0 Å². The highest BCUT2D eigenvalue weighted by Gasteiger charge is 2.26. The molecule has 0 bridgehead atoms. The molecule has 0 heterocycles. The average molecular weight is 326 g/mol. The van der Waals surface area contributed by atoms with Gasteiger partial charge in [-0.25, -0.2) is 0 Å². The maximum atomic E-state index is 12.9. The van der Waals surface area contributed by atoms with Gasteiger partial charge in [-0.05, 0) is 51.2 Å². The molecule has 0 spiro atoms. The van der Waals surface area contributed by atoms with Crippen LogP contribution in [0.1, 0.15) is 54.2 Å². The zero-order valence-electron chi connectivity index (χ0n) is 14.4. The Bertz CT molecular complexity index is 529. The first-order valence-corrected chi connectivity index (χ1v) is 8.94. The van der Waals surface area contributed by atoms with Crippen molar-refractivity contribution in [3.63, 3.8) is 0 Å². The van der Waals surface area contributed by atoms with E-state index in [4.69, 9.17) is 9.05 Å². The molecule has 1 aromatic carbocycles. The van der Waals surface area contributed by atoms with Crippen LogP contribution in [0.15, 0.2) is 12.1 Å². The lowest BCUT2D eigenvalue weighted by Crippen LogP contribution is -2.26. The van der Waals surface area contributed by atoms with E-state index in [0.29, 0.717) is 18.6 Å². The lowest BCUT2D eigenvalue weighted by Gasteiger charge is -2.20. The van der Waals surface area contributed by atoms with E-state index >= 15 is 0 Å². The Morgan fingerprint density at radius 2 is 1.73 bits per heavy atom. The number of carbonyl (C=O) groups is 1. The topological polar surface area (TPSA) is 52.6 Å². The van der Waals surface area contributed by atoms with Crippen molar-refractivity contribution >= 4 is 14.0 Å². The summed E-state index contributed by atoms with van der Waals surface area (Å²) in [6.07, 6.45) is -0.201. The molecule has 2 atom stereocenters. The van der Waals surface area contributed by atoms with Crippen molar-refractivity contribution in [2.45, 2.75) is 54.1 Å². The highest BCUT2D eigenvalue weighted by Crippen LogP contribution is 2.31. The molecule has 5 heteroatoms. The number of aryl methyl sites for hydroxylation is 3. The summed E-state index contributed by atoms with van der Waals surface area (Å²) >= 11 is 0. The molecule has 0 saturated heterocycles. The Kier molecular flexibility index (Phi) is 7.47. The van der Waals surface area contributed by atoms with E-state index < -0.39 is 14.4 Å². The lowest BCUT2D eigenvalue weighted by molar-refractivity contribution is 0.0728. The first kappa shape index (κ1) is 19.1. The van der Waals surface area contributed by atoms with Gasteiger partial charge in [0.05, 0.1) is 6.61 Å². The number of hydrogen-bond donors (Lipinski definition) is 0. The predicted octanol–water partition coefficient (Wildman–Crippen LogP) is 4.65. The van der Waals surface area contributed by atoms with Crippen molar-refractivity contribution in [1.82, 2.24) is 0 Å². The summed E-state index contributed by atoms with van der Waals surface area (Å²) in [5.41, 5.74) is 3.64. The van der Waals surface area contributed by atoms with Gasteiger partial charge in [-0.3, -0.25) is 13.9 Å². The Labute approximate surface area is 134 Å². The van der Waals surface area contributed by atoms with E-state index in [0.717, 1.165) is 16.7 Å². The number of rotatable bonds is 8. The molecule has 0 radical (unpaired) electrons. The lowest BCUT2D eigenvalue weighted by atomic mass is 9.91. The van der Waals surface area contributed by atoms with Gasteiger partial charge < -0.3 is 4.52 Å². The molecule has 0 amide bonds. The number of ketones is 1. The summed E-state index contributed by atoms with van der Waals surface area (Å²) in [5.74, 6) is 0.151. The minimum atomic E-state index is -2.64. The maximum absolute atomic E-state index is 12.9. The summed E-state index contributed by atoms with van der Waals surface area (Å²) in [4.78, 5) is 12.9. The minimum absolute atomic E-state index is 0.109. The fourth-order valence-corrected chi connectivity index (χ4v) is 3.37. The Hall–Kier alpha value is -0.960. The molecule has 0 saturated carbocycles. The molecular formula is C17H27O4P. The van der Waals surface area contributed by atoms with E-state index in [1.54, 1.807) is 6.92 Å². The summed E-state index contributed by atoms with van der Waals surface area (Å²) in [6, 6.07) is 3.97. The smallest absolute Gasteiger partial charge is 0.311 e. The van der Waals surface area contributed by atoms with Crippen molar-refractivity contribution in [2.24, 2.45) is 5.92 Å². The van der Waals surface area contributed by atoms with Crippen LogP contribution >= 0.6 is 8.25 Å². The first-order valence-electron chi connectivity index (χ1n) is 7.71. The van der Waals surface area contributed by atoms with Crippen molar-refractivity contribution in [1.29, 1.82) is 0 Å². The van der Waals surface area contributed by atoms with Gasteiger partial charge in [0.1, 0.15) is 6.10 Å². The molecule has 0 aromatic heterocycles. The number of carbonyl (C=O) groups excluding carboxylic acids is 1. The zero-order valence-corrected chi connectivity index (χ0v) is 15.4. The predicted molar refractivity (Wildman–Crippen MR) is 89.9 cm³/mol. The molecule has 1 aromatic rings. The molecule has 0 fully saturated rings. The molecule has 0 aliphatic heterocycles. The van der Waals surface area contributed by atoms with Crippen LogP contribution in [0.4, 0.5) is 0 Å². The van der Waals surface area contributed by atoms with Gasteiger partial charge in [0.15, 0.2) is 5.78 Å². The molecular weight excluding hydrogens is 299 g/mol. The van der Waals surface area contributed by atoms with Gasteiger partial charge in [-0.2, -0.15) is 0 Å². The average Bonchev–Trinajstić information content (AvgIpc) is 2.36. The van der Waals surface area contributed by atoms with E-state index in [-0.39, 0.29) is 11.7 Å². The van der Waals surface area contributed by atoms with Crippen molar-refractivity contribution < 1.29 is 18.4 Å². The number of benzene rings is 1. The molecule has 4 nitrogen and oxygen atoms in total. The van der Waals surface area contributed by atoms with Gasteiger partial charge in [-0.15, -0.1) is 0 Å². The zero-order chi connectivity index (χ0) is 16.9. The second-order valence-corrected chi connectivity index (χ2v) is 7.08. The highest BCUT2D eigenvalue weighted by molar-refractivity contribution is 7.33. The van der Waals surface area contributed by atoms with E-state index in [1.807, 2.05) is 46.8 Å². The van der Waals surface area contributed by atoms with Gasteiger partial charge in [0.2, 0.25) is 0 Å². The third kappa shape index (κ3) is 5.35. The molecule has 124 valence electrons. The molecule has 2 unspecified atom stereocenters. The van der Waals surface area contributed by atoms with Gasteiger partial charge in [0.25, 0.3) is 0 Å². The Morgan fingerprint density at radius 3 is 2.18 bits per heavy atom. The van der Waals surface area contributed by atoms with Crippen molar-refractivity contribution in [3.8, 4) is 0 Å². The van der Waals surface area contributed by atoms with Gasteiger partial charge in [-0.1, -0.05) is 31.5 Å². The van der Waals surface area contributed by atoms with Crippen LogP contribution in [-0.2, 0) is 13.6 Å². The molecule has 1 rings (SSSR count). The van der Waals surface area contributed by atoms with Crippen molar-refractivity contribution in [2.75, 3.05) is 6.61 Å². The van der Waals surface area contributed by atoms with Crippen molar-refractivity contribution in [3.05, 3.63) is 34.4 Å². The highest BCUT2D eigenvalue weighted by atomic mass is 31.1. The van der Waals surface area contributed by atoms with E-state index in [9.17, 15) is 9.36 Å². The van der Waals surface area contributed by atoms with Crippen LogP contribution < -0.4 is 0 Å². The normalized spacial score (nSPS) is 14.1. The second kappa shape index (κ2) is 8.61. The van der Waals surface area contributed by atoms with Crippen LogP contribution in [0.5, 0.6) is 0 Å². The fourth-order valence-electron chi connectivity index (χ4n) is 2.63. The largest absolute Gasteiger partial charge is 0.319 e. The molecule has 0 aliphatic carbocycles. The minimum Gasteiger partial charge on any atom is -0.311 e. The molecule has 0 N–H and O–H groups in total. The van der Waals surface area contributed by atoms with E-state index in [2.05, 4.69) is 0 Å². The van der Waals surface area contributed by atoms with Crippen LogP contribution in [0.2, 0.25) is 0 Å². The van der Waals surface area contributed by atoms with Crippen LogP contribution in [0.3, 0.4) is 0 Å². The SMILES string of the molecule is CCO[PH](=O)OC(CC(C)C)C(=O)c1c(C)cc(C)cc1C. The van der Waals surface area contributed by atoms with Gasteiger partial charge in [0, 0.05) is 5.56 Å².